The average molecular weight is 278 g/mol. The molecule has 0 radical (unpaired) electrons. The minimum absolute atomic E-state index is 0.500. The maximum Gasteiger partial charge on any atom is 0.162 e. The van der Waals surface area contributed by atoms with Crippen molar-refractivity contribution in [3.8, 4) is 10.8 Å². The highest BCUT2D eigenvalue weighted by Crippen LogP contribution is 2.29. The molecule has 102 valence electrons. The molecule has 0 aliphatic heterocycles. The summed E-state index contributed by atoms with van der Waals surface area (Å²) in [6.45, 7) is 1.35. The first-order valence-electron chi connectivity index (χ1n) is 6.67. The van der Waals surface area contributed by atoms with Crippen molar-refractivity contribution in [2.45, 2.75) is 37.8 Å². The van der Waals surface area contributed by atoms with Crippen LogP contribution in [0.3, 0.4) is 0 Å². The minimum Gasteiger partial charge on any atom is -0.462 e. The smallest absolute Gasteiger partial charge is 0.162 e. The maximum absolute atomic E-state index is 10.2. The van der Waals surface area contributed by atoms with E-state index in [2.05, 4.69) is 10.3 Å². The molecule has 1 fully saturated rings. The first kappa shape index (κ1) is 12.8. The minimum atomic E-state index is -0.500. The van der Waals surface area contributed by atoms with E-state index in [-0.39, 0.29) is 0 Å². The standard InChI is InChI=1S/C14H18N2O2S/c17-14(5-1-2-6-14)10-15-8-11-9-19-13(16-11)12-4-3-7-18-12/h3-4,7,9,15,17H,1-2,5-6,8,10H2. The van der Waals surface area contributed by atoms with Gasteiger partial charge < -0.3 is 14.8 Å². The predicted octanol–water partition coefficient (Wildman–Crippen LogP) is 2.80. The van der Waals surface area contributed by atoms with Crippen molar-refractivity contribution >= 4 is 11.3 Å². The number of nitrogens with one attached hydrogen (secondary N) is 1. The van der Waals surface area contributed by atoms with Crippen LogP contribution in [0.4, 0.5) is 0 Å². The van der Waals surface area contributed by atoms with Crippen molar-refractivity contribution in [1.82, 2.24) is 10.3 Å². The maximum atomic E-state index is 10.2. The number of rotatable bonds is 5. The zero-order valence-corrected chi connectivity index (χ0v) is 11.6. The van der Waals surface area contributed by atoms with E-state index in [4.69, 9.17) is 4.42 Å². The normalized spacial score (nSPS) is 17.9. The molecule has 4 nitrogen and oxygen atoms in total. The molecule has 2 aromatic rings. The van der Waals surface area contributed by atoms with Gasteiger partial charge in [0, 0.05) is 18.5 Å². The summed E-state index contributed by atoms with van der Waals surface area (Å²) in [5.41, 5.74) is 0.498. The Bertz CT molecular complexity index is 515. The fourth-order valence-corrected chi connectivity index (χ4v) is 3.32. The molecule has 0 amide bonds. The van der Waals surface area contributed by atoms with Gasteiger partial charge in [-0.15, -0.1) is 11.3 Å². The Kier molecular flexibility index (Phi) is 3.68. The van der Waals surface area contributed by atoms with Gasteiger partial charge in [0.2, 0.25) is 0 Å². The van der Waals surface area contributed by atoms with E-state index in [9.17, 15) is 5.11 Å². The molecule has 1 aliphatic rings. The average Bonchev–Trinajstić information content (AvgIpc) is 3.08. The van der Waals surface area contributed by atoms with E-state index in [0.29, 0.717) is 13.1 Å². The van der Waals surface area contributed by atoms with Crippen molar-refractivity contribution in [2.75, 3.05) is 6.54 Å². The highest BCUT2D eigenvalue weighted by atomic mass is 32.1. The molecule has 19 heavy (non-hydrogen) atoms. The first-order chi connectivity index (χ1) is 9.25. The summed E-state index contributed by atoms with van der Waals surface area (Å²) in [4.78, 5) is 4.52. The van der Waals surface area contributed by atoms with Crippen LogP contribution in [-0.4, -0.2) is 22.2 Å². The van der Waals surface area contributed by atoms with E-state index in [1.165, 1.54) is 0 Å². The Morgan fingerprint density at radius 2 is 2.26 bits per heavy atom. The topological polar surface area (TPSA) is 58.3 Å². The highest BCUT2D eigenvalue weighted by molar-refractivity contribution is 7.13. The van der Waals surface area contributed by atoms with Crippen LogP contribution in [0, 0.1) is 0 Å². The zero-order valence-electron chi connectivity index (χ0n) is 10.8. The largest absolute Gasteiger partial charge is 0.462 e. The van der Waals surface area contributed by atoms with E-state index in [1.807, 2.05) is 17.5 Å². The van der Waals surface area contributed by atoms with Gasteiger partial charge in [-0.2, -0.15) is 0 Å². The van der Waals surface area contributed by atoms with E-state index in [0.717, 1.165) is 42.1 Å². The van der Waals surface area contributed by atoms with Crippen LogP contribution in [0.15, 0.2) is 28.2 Å². The molecule has 0 unspecified atom stereocenters. The lowest BCUT2D eigenvalue weighted by molar-refractivity contribution is 0.0474. The quantitative estimate of drug-likeness (QED) is 0.883. The monoisotopic (exact) mass is 278 g/mol. The molecule has 0 spiro atoms. The van der Waals surface area contributed by atoms with Gasteiger partial charge in [-0.05, 0) is 25.0 Å². The summed E-state index contributed by atoms with van der Waals surface area (Å²) in [5, 5.41) is 16.5. The summed E-state index contributed by atoms with van der Waals surface area (Å²) in [6, 6.07) is 3.78. The van der Waals surface area contributed by atoms with Gasteiger partial charge in [0.25, 0.3) is 0 Å². The Labute approximate surface area is 116 Å². The van der Waals surface area contributed by atoms with Crippen LogP contribution in [0.5, 0.6) is 0 Å². The van der Waals surface area contributed by atoms with Gasteiger partial charge >= 0.3 is 0 Å². The Morgan fingerprint density at radius 1 is 1.42 bits per heavy atom. The van der Waals surface area contributed by atoms with E-state index < -0.39 is 5.60 Å². The SMILES string of the molecule is OC1(CNCc2csc(-c3ccco3)n2)CCCC1. The van der Waals surface area contributed by atoms with E-state index >= 15 is 0 Å². The highest BCUT2D eigenvalue weighted by Gasteiger charge is 2.30. The number of nitrogens with zero attached hydrogens (tertiary/aromatic N) is 1. The van der Waals surface area contributed by atoms with Crippen LogP contribution < -0.4 is 5.32 Å². The van der Waals surface area contributed by atoms with Gasteiger partial charge in [0.05, 0.1) is 17.6 Å². The number of aromatic nitrogens is 1. The number of furan rings is 1. The number of thiazole rings is 1. The van der Waals surface area contributed by atoms with Crippen molar-refractivity contribution in [3.05, 3.63) is 29.5 Å². The molecular formula is C14H18N2O2S. The van der Waals surface area contributed by atoms with Crippen molar-refractivity contribution in [1.29, 1.82) is 0 Å². The van der Waals surface area contributed by atoms with Crippen molar-refractivity contribution < 1.29 is 9.52 Å². The second-order valence-electron chi connectivity index (χ2n) is 5.16. The van der Waals surface area contributed by atoms with Crippen LogP contribution in [0.25, 0.3) is 10.8 Å². The zero-order chi connectivity index (χ0) is 13.1. The Balaban J connectivity index is 1.53. The molecule has 1 aliphatic carbocycles. The predicted molar refractivity (Wildman–Crippen MR) is 74.9 cm³/mol. The third-order valence-electron chi connectivity index (χ3n) is 3.58. The van der Waals surface area contributed by atoms with Crippen LogP contribution in [0.2, 0.25) is 0 Å². The van der Waals surface area contributed by atoms with Gasteiger partial charge in [-0.3, -0.25) is 0 Å². The molecule has 0 aromatic carbocycles. The van der Waals surface area contributed by atoms with Gasteiger partial charge in [-0.1, -0.05) is 12.8 Å². The summed E-state index contributed by atoms with van der Waals surface area (Å²) < 4.78 is 5.32. The molecule has 5 heteroatoms. The summed E-state index contributed by atoms with van der Waals surface area (Å²) in [7, 11) is 0. The van der Waals surface area contributed by atoms with Crippen molar-refractivity contribution in [3.63, 3.8) is 0 Å². The molecule has 2 N–H and O–H groups in total. The molecular weight excluding hydrogens is 260 g/mol. The van der Waals surface area contributed by atoms with E-state index in [1.54, 1.807) is 17.6 Å². The fraction of sp³-hybridized carbons (Fsp3) is 0.500. The van der Waals surface area contributed by atoms with Gasteiger partial charge in [-0.25, -0.2) is 4.98 Å². The second-order valence-corrected chi connectivity index (χ2v) is 6.01. The Morgan fingerprint density at radius 3 is 3.00 bits per heavy atom. The summed E-state index contributed by atoms with van der Waals surface area (Å²) in [5.74, 6) is 0.811. The number of aliphatic hydroxyl groups is 1. The van der Waals surface area contributed by atoms with Gasteiger partial charge in [0.1, 0.15) is 0 Å². The van der Waals surface area contributed by atoms with Crippen LogP contribution in [0.1, 0.15) is 31.4 Å². The molecule has 2 heterocycles. The fourth-order valence-electron chi connectivity index (χ4n) is 2.53. The lowest BCUT2D eigenvalue weighted by Crippen LogP contribution is -2.37. The third kappa shape index (κ3) is 3.05. The molecule has 2 aromatic heterocycles. The second kappa shape index (κ2) is 5.45. The lowest BCUT2D eigenvalue weighted by atomic mass is 10.0. The molecule has 1 saturated carbocycles. The lowest BCUT2D eigenvalue weighted by Gasteiger charge is -2.22. The first-order valence-corrected chi connectivity index (χ1v) is 7.55. The molecule has 0 saturated heterocycles. The molecule has 0 bridgehead atoms. The molecule has 0 atom stereocenters. The Hall–Kier alpha value is -1.17. The number of hydrogen-bond acceptors (Lipinski definition) is 5. The van der Waals surface area contributed by atoms with Crippen LogP contribution >= 0.6 is 11.3 Å². The van der Waals surface area contributed by atoms with Gasteiger partial charge in [0.15, 0.2) is 10.8 Å². The van der Waals surface area contributed by atoms with Crippen molar-refractivity contribution in [2.24, 2.45) is 0 Å². The summed E-state index contributed by atoms with van der Waals surface area (Å²) >= 11 is 1.58. The number of hydrogen-bond donors (Lipinski definition) is 2. The van der Waals surface area contributed by atoms with Crippen LogP contribution in [-0.2, 0) is 6.54 Å². The summed E-state index contributed by atoms with van der Waals surface area (Å²) in [6.07, 6.45) is 5.75. The third-order valence-corrected chi connectivity index (χ3v) is 4.48. The molecule has 3 rings (SSSR count).